The van der Waals surface area contributed by atoms with Crippen LogP contribution in [-0.2, 0) is 43.2 Å². The largest absolute Gasteiger partial charge is 0.464 e. The summed E-state index contributed by atoms with van der Waals surface area (Å²) in [5.74, 6) is 0.400. The molecule has 5 heterocycles. The van der Waals surface area contributed by atoms with Crippen molar-refractivity contribution in [2.24, 2.45) is 23.2 Å². The molecule has 4 aliphatic rings. The molecule has 322 valence electrons. The minimum absolute atomic E-state index is 0.0890. The van der Waals surface area contributed by atoms with Crippen LogP contribution in [-0.4, -0.2) is 83.3 Å². The van der Waals surface area contributed by atoms with Crippen LogP contribution < -0.4 is 16.1 Å². The Balaban J connectivity index is 1.27. The van der Waals surface area contributed by atoms with Crippen molar-refractivity contribution >= 4 is 40.0 Å². The third kappa shape index (κ3) is 8.64. The van der Waals surface area contributed by atoms with Gasteiger partial charge < -0.3 is 24.7 Å². The van der Waals surface area contributed by atoms with Crippen LogP contribution in [0.25, 0.3) is 33.4 Å². The summed E-state index contributed by atoms with van der Waals surface area (Å²) in [7, 11) is 3.79. The highest BCUT2D eigenvalue weighted by atomic mass is 32.1. The molecule has 4 aromatic rings. The van der Waals surface area contributed by atoms with E-state index in [1.165, 1.54) is 46.7 Å². The van der Waals surface area contributed by atoms with E-state index in [0.717, 1.165) is 70.1 Å². The molecule has 2 aliphatic heterocycles. The van der Waals surface area contributed by atoms with Crippen molar-refractivity contribution < 1.29 is 23.9 Å². The number of aromatic nitrogens is 3. The van der Waals surface area contributed by atoms with Crippen molar-refractivity contribution in [1.29, 1.82) is 0 Å². The number of hydrazine groups is 1. The van der Waals surface area contributed by atoms with Crippen LogP contribution in [0.4, 0.5) is 0 Å². The van der Waals surface area contributed by atoms with Crippen molar-refractivity contribution in [2.45, 2.75) is 123 Å². The number of pyridine rings is 1. The van der Waals surface area contributed by atoms with Gasteiger partial charge in [0.15, 0.2) is 0 Å². The number of nitrogens with one attached hydrogen (secondary N) is 3. The van der Waals surface area contributed by atoms with Gasteiger partial charge in [0.05, 0.1) is 34.8 Å². The predicted molar refractivity (Wildman–Crippen MR) is 235 cm³/mol. The molecule has 6 bridgehead atoms. The topological polar surface area (TPSA) is 140 Å². The minimum atomic E-state index is -0.824. The number of aryl methyl sites for hydroxylation is 1. The van der Waals surface area contributed by atoms with Gasteiger partial charge in [0.1, 0.15) is 12.1 Å². The second-order valence-corrected chi connectivity index (χ2v) is 19.5. The van der Waals surface area contributed by atoms with Crippen molar-refractivity contribution in [3.8, 4) is 22.5 Å². The molecule has 7 atom stereocenters. The second-order valence-electron chi connectivity index (χ2n) is 18.6. The quantitative estimate of drug-likeness (QED) is 0.148. The smallest absolute Gasteiger partial charge is 0.324 e. The molecule has 2 saturated carbocycles. The Morgan fingerprint density at radius 1 is 1.15 bits per heavy atom. The number of nitrogens with zero attached hydrogens (tertiary/aromatic N) is 4. The van der Waals surface area contributed by atoms with Crippen molar-refractivity contribution in [1.82, 2.24) is 35.6 Å². The zero-order valence-electron chi connectivity index (χ0n) is 36.4. The van der Waals surface area contributed by atoms with Gasteiger partial charge in [0.2, 0.25) is 5.91 Å². The number of cyclic esters (lactones) is 1. The van der Waals surface area contributed by atoms with E-state index in [1.807, 2.05) is 7.05 Å². The number of hydrogen-bond donors (Lipinski definition) is 3. The van der Waals surface area contributed by atoms with Crippen LogP contribution in [0.15, 0.2) is 35.8 Å². The molecule has 13 heteroatoms. The molecular weight excluding hydrogens is 775 g/mol. The third-order valence-corrected chi connectivity index (χ3v) is 14.4. The molecule has 60 heavy (non-hydrogen) atoms. The Morgan fingerprint density at radius 3 is 2.70 bits per heavy atom. The molecule has 1 aromatic carbocycles. The summed E-state index contributed by atoms with van der Waals surface area (Å²) in [5.41, 5.74) is 11.2. The summed E-state index contributed by atoms with van der Waals surface area (Å²) in [5, 5.41) is 12.0. The van der Waals surface area contributed by atoms with Gasteiger partial charge in [0, 0.05) is 71.6 Å². The molecule has 1 unspecified atom stereocenters. The van der Waals surface area contributed by atoms with Crippen LogP contribution in [0.2, 0.25) is 0 Å². The molecule has 8 rings (SSSR count). The zero-order chi connectivity index (χ0) is 42.3. The fraction of sp³-hybridized carbons (Fsp3) is 0.596. The van der Waals surface area contributed by atoms with Gasteiger partial charge in [0.25, 0.3) is 5.91 Å². The minimum Gasteiger partial charge on any atom is -0.464 e. The van der Waals surface area contributed by atoms with E-state index in [1.54, 1.807) is 7.11 Å². The lowest BCUT2D eigenvalue weighted by atomic mass is 9.75. The van der Waals surface area contributed by atoms with Gasteiger partial charge in [-0.25, -0.2) is 10.4 Å². The zero-order valence-corrected chi connectivity index (χ0v) is 37.3. The Kier molecular flexibility index (Phi) is 12.5. The van der Waals surface area contributed by atoms with Gasteiger partial charge in [-0.15, -0.1) is 11.3 Å². The molecule has 12 nitrogen and oxygen atoms in total. The van der Waals surface area contributed by atoms with Gasteiger partial charge >= 0.3 is 5.97 Å². The standard InChI is InChI=1S/C47H63N7O5S/c1-8-53-40-16-15-29-19-34(40)36(43(53)35-20-31(24-49-42(35)28(3)58-7)32-13-10-9-12-30(32)23-48-6)22-47(4,5)26-59-46(57)37-14-11-17-54(52-37)45(56)38(21-41-50-39(29)25-60-41)51-44(55)33-18-27(33)2/h15-16,19-20,24-25,27-28,30,32-33,37-38,48,52H,8-14,17-18,21-23,26H2,1-7H3,(H,51,55)/t27-,28-,30-,32?,33-,37-,38-/m0/s1. The summed E-state index contributed by atoms with van der Waals surface area (Å²) < 4.78 is 14.6. The fourth-order valence-corrected chi connectivity index (χ4v) is 10.8. The first-order valence-electron chi connectivity index (χ1n) is 22.2. The van der Waals surface area contributed by atoms with E-state index >= 15 is 0 Å². The van der Waals surface area contributed by atoms with Crippen LogP contribution in [0, 0.1) is 23.2 Å². The van der Waals surface area contributed by atoms with E-state index in [-0.39, 0.29) is 42.8 Å². The summed E-state index contributed by atoms with van der Waals surface area (Å²) in [6.45, 7) is 13.0. The molecule has 0 spiro atoms. The number of rotatable bonds is 9. The van der Waals surface area contributed by atoms with Crippen molar-refractivity contribution in [3.63, 3.8) is 0 Å². The SMILES string of the molecule is CCn1c(-c2cc(C3CCCC[C@H]3CNC)cnc2[C@H](C)OC)c2c3cc(ccc31)-c1csc(n1)C[C@H](NC(=O)[C@H]1C[C@@H]1C)C(=O)N1CCC[C@H](N1)C(=O)OCC(C)(C)C2. The Bertz CT molecular complexity index is 2230. The van der Waals surface area contributed by atoms with E-state index in [0.29, 0.717) is 43.6 Å². The maximum absolute atomic E-state index is 14.2. The number of carbonyl (C=O) groups excluding carboxylic acids is 3. The average molecular weight is 838 g/mol. The summed E-state index contributed by atoms with van der Waals surface area (Å²) >= 11 is 1.50. The lowest BCUT2D eigenvalue weighted by Gasteiger charge is -2.35. The highest BCUT2D eigenvalue weighted by molar-refractivity contribution is 7.10. The van der Waals surface area contributed by atoms with Crippen LogP contribution in [0.1, 0.15) is 113 Å². The summed E-state index contributed by atoms with van der Waals surface area (Å²) in [4.78, 5) is 51.6. The van der Waals surface area contributed by atoms with Crippen molar-refractivity contribution in [3.05, 3.63) is 57.7 Å². The highest BCUT2D eigenvalue weighted by Gasteiger charge is 2.42. The molecule has 2 aliphatic carbocycles. The summed E-state index contributed by atoms with van der Waals surface area (Å²) in [6.07, 6.45) is 9.55. The second kappa shape index (κ2) is 17.7. The van der Waals surface area contributed by atoms with Gasteiger partial charge in [-0.1, -0.05) is 39.7 Å². The number of thiazole rings is 1. The molecule has 0 radical (unpaired) electrons. The van der Waals surface area contributed by atoms with Gasteiger partial charge in [-0.3, -0.25) is 24.4 Å². The normalized spacial score (nSPS) is 26.4. The number of ether oxygens (including phenoxy) is 2. The molecule has 2 amide bonds. The number of methoxy groups -OCH3 is 1. The average Bonchev–Trinajstić information content (AvgIpc) is 3.68. The number of carbonyl (C=O) groups is 3. The predicted octanol–water partition coefficient (Wildman–Crippen LogP) is 7.35. The van der Waals surface area contributed by atoms with E-state index in [9.17, 15) is 14.4 Å². The summed E-state index contributed by atoms with van der Waals surface area (Å²) in [6, 6.07) is 7.50. The van der Waals surface area contributed by atoms with E-state index in [2.05, 4.69) is 91.1 Å². The number of amides is 2. The van der Waals surface area contributed by atoms with Crippen LogP contribution in [0.3, 0.4) is 0 Å². The molecule has 1 saturated heterocycles. The number of benzene rings is 1. The Morgan fingerprint density at radius 2 is 1.95 bits per heavy atom. The Hall–Kier alpha value is -4.17. The molecule has 3 N–H and O–H groups in total. The van der Waals surface area contributed by atoms with Crippen LogP contribution in [0.5, 0.6) is 0 Å². The number of hydrogen-bond acceptors (Lipinski definition) is 10. The first kappa shape index (κ1) is 42.5. The van der Waals surface area contributed by atoms with Gasteiger partial charge in [-0.05, 0) is 113 Å². The van der Waals surface area contributed by atoms with Crippen LogP contribution >= 0.6 is 11.3 Å². The Labute approximate surface area is 358 Å². The van der Waals surface area contributed by atoms with E-state index in [4.69, 9.17) is 19.4 Å². The maximum Gasteiger partial charge on any atom is 0.324 e. The molecule has 3 fully saturated rings. The van der Waals surface area contributed by atoms with E-state index < -0.39 is 17.5 Å². The first-order chi connectivity index (χ1) is 28.9. The number of esters is 1. The first-order valence-corrected chi connectivity index (χ1v) is 23.1. The molecule has 3 aromatic heterocycles. The fourth-order valence-electron chi connectivity index (χ4n) is 9.95. The lowest BCUT2D eigenvalue weighted by Crippen LogP contribution is -2.60. The molecular formula is C47H63N7O5S. The highest BCUT2D eigenvalue weighted by Crippen LogP contribution is 2.45. The van der Waals surface area contributed by atoms with Crippen molar-refractivity contribution in [2.75, 3.05) is 33.9 Å². The third-order valence-electron chi connectivity index (χ3n) is 13.5. The van der Waals surface area contributed by atoms with Gasteiger partial charge in [-0.2, -0.15) is 0 Å². The lowest BCUT2D eigenvalue weighted by molar-refractivity contribution is -0.155. The number of fused-ring (bicyclic) bond motifs is 6. The monoisotopic (exact) mass is 837 g/mol. The maximum atomic E-state index is 14.2.